The zero-order chi connectivity index (χ0) is 38.9. The van der Waals surface area contributed by atoms with Crippen LogP contribution in [0.2, 0.25) is 0 Å². The van der Waals surface area contributed by atoms with Gasteiger partial charge in [0.25, 0.3) is 0 Å². The van der Waals surface area contributed by atoms with Crippen molar-refractivity contribution in [3.8, 4) is 5.75 Å². The largest absolute Gasteiger partial charge is 0.487 e. The number of carbonyl (C=O) groups is 5. The molecule has 4 N–H and O–H groups in total. The molecule has 6 bridgehead atoms. The summed E-state index contributed by atoms with van der Waals surface area (Å²) in [4.78, 5) is 73.1. The van der Waals surface area contributed by atoms with Crippen LogP contribution in [0, 0.1) is 5.92 Å². The quantitative estimate of drug-likeness (QED) is 0.239. The molecule has 6 rings (SSSR count). The molecule has 0 saturated carbocycles. The maximum absolute atomic E-state index is 14.5. The molecule has 2 aromatic carbocycles. The number of benzene rings is 2. The van der Waals surface area contributed by atoms with Crippen molar-refractivity contribution in [1.29, 1.82) is 0 Å². The summed E-state index contributed by atoms with van der Waals surface area (Å²) in [5.74, 6) is -1.79. The first-order valence-electron chi connectivity index (χ1n) is 18.8. The monoisotopic (exact) mass is 743 g/mol. The molecule has 0 aliphatic carbocycles. The van der Waals surface area contributed by atoms with E-state index in [1.54, 1.807) is 41.9 Å². The molecule has 3 aliphatic heterocycles. The van der Waals surface area contributed by atoms with E-state index in [2.05, 4.69) is 31.6 Å². The fourth-order valence-electron chi connectivity index (χ4n) is 6.83. The molecule has 15 nitrogen and oxygen atoms in total. The van der Waals surface area contributed by atoms with Crippen molar-refractivity contribution in [1.82, 2.24) is 46.1 Å². The zero-order valence-electron chi connectivity index (χ0n) is 32.0. The Balaban J connectivity index is 1.54. The van der Waals surface area contributed by atoms with Crippen LogP contribution in [0.3, 0.4) is 0 Å². The van der Waals surface area contributed by atoms with Crippen LogP contribution in [0.4, 0.5) is 0 Å². The number of amides is 5. The molecule has 1 aromatic heterocycles. The molecule has 6 atom stereocenters. The summed E-state index contributed by atoms with van der Waals surface area (Å²) in [5.41, 5.74) is 2.16. The molecular formula is C39H53N9O6. The lowest BCUT2D eigenvalue weighted by Crippen LogP contribution is -2.59. The standard InChI is InChI=1S/C39H53N9O6/c1-7-46(8-2)38(52)32-19-27-14-16-30(17-15-27)54-23-28-21-48(45-44-28)29-20-33(37(51)41-31(36(50)42-32)18-26-12-10-9-11-13-26)47(22-29)39(53)34(24(3)4)43-35(49)25(5)40-6/h9-17,21,24-25,29,31-34,40H,7-8,18-20,22-23H2,1-6H3,(H,41,51)(H,42,50)(H,43,49)/t25-,29-,31-,32-,33-,34-/m0/s1. The maximum atomic E-state index is 14.5. The summed E-state index contributed by atoms with van der Waals surface area (Å²) in [6, 6.07) is 11.7. The molecule has 0 unspecified atom stereocenters. The van der Waals surface area contributed by atoms with E-state index in [1.807, 2.05) is 70.2 Å². The number of hydrogen-bond acceptors (Lipinski definition) is 9. The summed E-state index contributed by atoms with van der Waals surface area (Å²) < 4.78 is 7.63. The minimum Gasteiger partial charge on any atom is -0.487 e. The minimum absolute atomic E-state index is 0.110. The van der Waals surface area contributed by atoms with Gasteiger partial charge in [0.05, 0.1) is 18.3 Å². The van der Waals surface area contributed by atoms with Crippen LogP contribution < -0.4 is 26.0 Å². The number of ether oxygens (including phenoxy) is 1. The molecule has 3 aromatic rings. The Morgan fingerprint density at radius 3 is 2.33 bits per heavy atom. The van der Waals surface area contributed by atoms with Gasteiger partial charge in [-0.1, -0.05) is 61.5 Å². The molecule has 1 saturated heterocycles. The number of fused-ring (bicyclic) bond motifs is 9. The second kappa shape index (κ2) is 18.1. The number of nitrogens with zero attached hydrogens (tertiary/aromatic N) is 5. The van der Waals surface area contributed by atoms with Gasteiger partial charge in [-0.05, 0) is 57.0 Å². The molecule has 5 amide bonds. The summed E-state index contributed by atoms with van der Waals surface area (Å²) in [7, 11) is 1.66. The van der Waals surface area contributed by atoms with Crippen LogP contribution in [0.15, 0.2) is 60.8 Å². The number of hydrogen-bond donors (Lipinski definition) is 4. The number of likely N-dealkylation sites (tertiary alicyclic amines) is 1. The van der Waals surface area contributed by atoms with E-state index >= 15 is 0 Å². The van der Waals surface area contributed by atoms with Crippen LogP contribution in [-0.2, 0) is 43.4 Å². The van der Waals surface area contributed by atoms with Gasteiger partial charge in [-0.3, -0.25) is 24.0 Å². The highest BCUT2D eigenvalue weighted by molar-refractivity contribution is 5.96. The molecular weight excluding hydrogens is 690 g/mol. The van der Waals surface area contributed by atoms with Crippen molar-refractivity contribution >= 4 is 29.5 Å². The third-order valence-corrected chi connectivity index (χ3v) is 10.2. The molecule has 0 spiro atoms. The van der Waals surface area contributed by atoms with Gasteiger partial charge in [0.1, 0.15) is 42.2 Å². The zero-order valence-corrected chi connectivity index (χ0v) is 32.0. The Kier molecular flexibility index (Phi) is 13.4. The third-order valence-electron chi connectivity index (χ3n) is 10.2. The maximum Gasteiger partial charge on any atom is 0.246 e. The molecule has 1 fully saturated rings. The smallest absolute Gasteiger partial charge is 0.246 e. The Morgan fingerprint density at radius 2 is 1.69 bits per heavy atom. The van der Waals surface area contributed by atoms with Crippen LogP contribution in [0.25, 0.3) is 0 Å². The number of nitrogens with one attached hydrogen (secondary N) is 4. The van der Waals surface area contributed by atoms with E-state index in [9.17, 15) is 24.0 Å². The molecule has 0 radical (unpaired) electrons. The number of aromatic nitrogens is 3. The molecule has 3 aliphatic rings. The van der Waals surface area contributed by atoms with E-state index in [1.165, 1.54) is 4.90 Å². The fourth-order valence-corrected chi connectivity index (χ4v) is 6.83. The normalized spacial score (nSPS) is 21.5. The second-order valence-corrected chi connectivity index (χ2v) is 14.3. The molecule has 15 heteroatoms. The first-order chi connectivity index (χ1) is 25.9. The lowest BCUT2D eigenvalue weighted by Gasteiger charge is -2.32. The predicted octanol–water partition coefficient (Wildman–Crippen LogP) is 1.38. The highest BCUT2D eigenvalue weighted by Gasteiger charge is 2.45. The lowest BCUT2D eigenvalue weighted by atomic mass is 10.0. The summed E-state index contributed by atoms with van der Waals surface area (Å²) >= 11 is 0. The average molecular weight is 744 g/mol. The van der Waals surface area contributed by atoms with Gasteiger partial charge in [0.15, 0.2) is 0 Å². The van der Waals surface area contributed by atoms with Crippen molar-refractivity contribution in [3.05, 3.63) is 77.6 Å². The Labute approximate surface area is 316 Å². The van der Waals surface area contributed by atoms with E-state index in [0.29, 0.717) is 24.5 Å². The first kappa shape index (κ1) is 39.9. The van der Waals surface area contributed by atoms with Gasteiger partial charge in [-0.25, -0.2) is 4.68 Å². The average Bonchev–Trinajstić information content (AvgIpc) is 3.84. The Bertz CT molecular complexity index is 1760. The van der Waals surface area contributed by atoms with E-state index < -0.39 is 54.0 Å². The first-order valence-corrected chi connectivity index (χ1v) is 18.8. The van der Waals surface area contributed by atoms with Crippen molar-refractivity contribution in [2.45, 2.75) is 96.7 Å². The second-order valence-electron chi connectivity index (χ2n) is 14.3. The number of carbonyl (C=O) groups excluding carboxylic acids is 5. The van der Waals surface area contributed by atoms with Crippen LogP contribution >= 0.6 is 0 Å². The van der Waals surface area contributed by atoms with Gasteiger partial charge in [-0.2, -0.15) is 0 Å². The SMILES string of the molecule is CCN(CC)C(=O)[C@@H]1Cc2ccc(cc2)OCc2cn(nn2)[C@H]2C[C@@H](C(=O)N[C@@H](Cc3ccccc3)C(=O)N1)N(C(=O)[C@@H](NC(=O)[C@H](C)NC)C(C)C)C2. The fraction of sp³-hybridized carbons (Fsp3) is 0.513. The minimum atomic E-state index is -1.09. The van der Waals surface area contributed by atoms with E-state index in [4.69, 9.17) is 4.74 Å². The summed E-state index contributed by atoms with van der Waals surface area (Å²) in [6.07, 6.45) is 2.26. The Morgan fingerprint density at radius 1 is 0.981 bits per heavy atom. The van der Waals surface area contributed by atoms with E-state index in [0.717, 1.165) is 11.1 Å². The van der Waals surface area contributed by atoms with Crippen LogP contribution in [0.1, 0.15) is 63.9 Å². The number of likely N-dealkylation sites (N-methyl/N-ethyl adjacent to an activating group) is 2. The third kappa shape index (κ3) is 9.61. The molecule has 54 heavy (non-hydrogen) atoms. The van der Waals surface area contributed by atoms with Crippen molar-refractivity contribution in [3.63, 3.8) is 0 Å². The summed E-state index contributed by atoms with van der Waals surface area (Å²) in [5, 5.41) is 20.3. The van der Waals surface area contributed by atoms with Gasteiger partial charge >= 0.3 is 0 Å². The predicted molar refractivity (Wildman–Crippen MR) is 201 cm³/mol. The number of rotatable bonds is 10. The van der Waals surface area contributed by atoms with Gasteiger partial charge < -0.3 is 35.8 Å². The van der Waals surface area contributed by atoms with E-state index in [-0.39, 0.29) is 50.1 Å². The van der Waals surface area contributed by atoms with Crippen molar-refractivity contribution < 1.29 is 28.7 Å². The molecule has 290 valence electrons. The Hall–Kier alpha value is -5.31. The highest BCUT2D eigenvalue weighted by Crippen LogP contribution is 2.29. The molecule has 4 heterocycles. The van der Waals surface area contributed by atoms with Crippen LogP contribution in [0.5, 0.6) is 5.75 Å². The topological polar surface area (TPSA) is 180 Å². The lowest BCUT2D eigenvalue weighted by molar-refractivity contribution is -0.143. The van der Waals surface area contributed by atoms with Gasteiger partial charge in [-0.15, -0.1) is 5.10 Å². The summed E-state index contributed by atoms with van der Waals surface area (Å²) in [6.45, 7) is 10.3. The van der Waals surface area contributed by atoms with Gasteiger partial charge in [0.2, 0.25) is 29.5 Å². The highest BCUT2D eigenvalue weighted by atomic mass is 16.5. The van der Waals surface area contributed by atoms with Crippen molar-refractivity contribution in [2.24, 2.45) is 5.92 Å². The van der Waals surface area contributed by atoms with Gasteiger partial charge in [0, 0.05) is 38.9 Å². The van der Waals surface area contributed by atoms with Crippen LogP contribution in [-0.4, -0.2) is 111 Å². The van der Waals surface area contributed by atoms with Crippen molar-refractivity contribution in [2.75, 3.05) is 26.7 Å².